The molecule has 2 aromatic heterocycles. The Morgan fingerprint density at radius 3 is 2.77 bits per heavy atom. The zero-order valence-corrected chi connectivity index (χ0v) is 15.6. The van der Waals surface area contributed by atoms with Crippen molar-refractivity contribution in [2.24, 2.45) is 0 Å². The number of aromatic amines is 1. The van der Waals surface area contributed by atoms with Crippen molar-refractivity contribution in [2.45, 2.75) is 37.9 Å². The predicted octanol–water partition coefficient (Wildman–Crippen LogP) is 3.00. The molecule has 0 radical (unpaired) electrons. The Labute approximate surface area is 155 Å². The lowest BCUT2D eigenvalue weighted by Crippen LogP contribution is -2.37. The van der Waals surface area contributed by atoms with Gasteiger partial charge in [0.05, 0.1) is 5.75 Å². The molecule has 1 N–H and O–H groups in total. The lowest BCUT2D eigenvalue weighted by Gasteiger charge is -2.26. The normalized spacial score (nSPS) is 15.0. The third kappa shape index (κ3) is 3.00. The number of nitrogens with zero attached hydrogens (tertiary/aromatic N) is 3. The molecule has 26 heavy (non-hydrogen) atoms. The molecule has 1 aromatic carbocycles. The largest absolute Gasteiger partial charge is 0.349 e. The average molecular weight is 370 g/mol. The van der Waals surface area contributed by atoms with Crippen molar-refractivity contribution in [3.8, 4) is 0 Å². The molecule has 0 unspecified atom stereocenters. The van der Waals surface area contributed by atoms with Crippen LogP contribution in [0.1, 0.15) is 26.2 Å². The summed E-state index contributed by atoms with van der Waals surface area (Å²) in [5.74, 6) is 0.450. The number of para-hydroxylation sites is 1. The van der Waals surface area contributed by atoms with Crippen LogP contribution in [0.4, 0.5) is 0 Å². The SMILES string of the molecule is CCn1c(SCC(=O)N2CCCCC2)nc2c([nH]c3ccccc32)c1=O. The topological polar surface area (TPSA) is 71.0 Å². The minimum absolute atomic E-state index is 0.0818. The molecule has 136 valence electrons. The number of aromatic nitrogens is 3. The number of rotatable bonds is 4. The molecule has 0 saturated carbocycles. The summed E-state index contributed by atoms with van der Waals surface area (Å²) in [6.07, 6.45) is 3.36. The quantitative estimate of drug-likeness (QED) is 0.566. The Morgan fingerprint density at radius 2 is 2.00 bits per heavy atom. The van der Waals surface area contributed by atoms with Crippen molar-refractivity contribution in [1.29, 1.82) is 0 Å². The molecule has 3 aromatic rings. The van der Waals surface area contributed by atoms with Crippen LogP contribution in [0.5, 0.6) is 0 Å². The van der Waals surface area contributed by atoms with E-state index >= 15 is 0 Å². The molecule has 0 bridgehead atoms. The standard InChI is InChI=1S/C19H22N4O2S/c1-2-23-18(25)17-16(13-8-4-5-9-14(13)20-17)21-19(23)26-12-15(24)22-10-6-3-7-11-22/h4-5,8-9,20H,2-3,6-7,10-12H2,1H3. The van der Waals surface area contributed by atoms with Gasteiger partial charge < -0.3 is 9.88 Å². The van der Waals surface area contributed by atoms with E-state index in [2.05, 4.69) is 4.98 Å². The first-order valence-corrected chi connectivity index (χ1v) is 10.1. The Balaban J connectivity index is 1.68. The second kappa shape index (κ2) is 7.15. The number of thioether (sulfide) groups is 1. The number of nitrogens with one attached hydrogen (secondary N) is 1. The third-order valence-corrected chi connectivity index (χ3v) is 5.89. The van der Waals surface area contributed by atoms with Crippen molar-refractivity contribution >= 4 is 39.6 Å². The summed E-state index contributed by atoms with van der Waals surface area (Å²) in [5, 5.41) is 1.55. The summed E-state index contributed by atoms with van der Waals surface area (Å²) in [6.45, 7) is 4.13. The number of hydrogen-bond donors (Lipinski definition) is 1. The van der Waals surface area contributed by atoms with Crippen LogP contribution in [0.15, 0.2) is 34.2 Å². The molecular formula is C19H22N4O2S. The highest BCUT2D eigenvalue weighted by Crippen LogP contribution is 2.25. The number of hydrogen-bond acceptors (Lipinski definition) is 4. The van der Waals surface area contributed by atoms with E-state index in [1.54, 1.807) is 4.57 Å². The average Bonchev–Trinajstić information content (AvgIpc) is 3.06. The summed E-state index contributed by atoms with van der Waals surface area (Å²) in [6, 6.07) is 7.78. The molecule has 6 nitrogen and oxygen atoms in total. The van der Waals surface area contributed by atoms with Gasteiger partial charge in [0.2, 0.25) is 5.91 Å². The van der Waals surface area contributed by atoms with Crippen molar-refractivity contribution in [2.75, 3.05) is 18.8 Å². The van der Waals surface area contributed by atoms with E-state index in [9.17, 15) is 9.59 Å². The van der Waals surface area contributed by atoms with E-state index < -0.39 is 0 Å². The maximum absolute atomic E-state index is 12.9. The van der Waals surface area contributed by atoms with Gasteiger partial charge >= 0.3 is 0 Å². The van der Waals surface area contributed by atoms with E-state index in [1.807, 2.05) is 36.1 Å². The zero-order chi connectivity index (χ0) is 18.1. The van der Waals surface area contributed by atoms with Gasteiger partial charge in [-0.25, -0.2) is 4.98 Å². The van der Waals surface area contributed by atoms with Crippen LogP contribution in [0, 0.1) is 0 Å². The predicted molar refractivity (Wildman–Crippen MR) is 105 cm³/mol. The van der Waals surface area contributed by atoms with E-state index in [0.717, 1.165) is 36.8 Å². The smallest absolute Gasteiger partial charge is 0.278 e. The number of piperidine rings is 1. The highest BCUT2D eigenvalue weighted by molar-refractivity contribution is 7.99. The second-order valence-electron chi connectivity index (χ2n) is 6.57. The summed E-state index contributed by atoms with van der Waals surface area (Å²) in [7, 11) is 0. The van der Waals surface area contributed by atoms with Gasteiger partial charge in [0.25, 0.3) is 5.56 Å². The summed E-state index contributed by atoms with van der Waals surface area (Å²) >= 11 is 1.36. The molecule has 0 aliphatic carbocycles. The summed E-state index contributed by atoms with van der Waals surface area (Å²) < 4.78 is 1.64. The molecule has 3 heterocycles. The van der Waals surface area contributed by atoms with Crippen molar-refractivity contribution in [1.82, 2.24) is 19.4 Å². The van der Waals surface area contributed by atoms with Gasteiger partial charge in [0, 0.05) is 30.5 Å². The molecule has 1 fully saturated rings. The van der Waals surface area contributed by atoms with Gasteiger partial charge in [-0.15, -0.1) is 0 Å². The number of amides is 1. The van der Waals surface area contributed by atoms with Crippen LogP contribution in [0.3, 0.4) is 0 Å². The summed E-state index contributed by atoms with van der Waals surface area (Å²) in [5.41, 5.74) is 2.03. The second-order valence-corrected chi connectivity index (χ2v) is 7.51. The highest BCUT2D eigenvalue weighted by Gasteiger charge is 2.19. The summed E-state index contributed by atoms with van der Waals surface area (Å²) in [4.78, 5) is 35.2. The monoisotopic (exact) mass is 370 g/mol. The fourth-order valence-electron chi connectivity index (χ4n) is 3.53. The molecule has 1 saturated heterocycles. The van der Waals surface area contributed by atoms with Crippen LogP contribution in [-0.4, -0.2) is 44.2 Å². The van der Waals surface area contributed by atoms with Gasteiger partial charge in [-0.2, -0.15) is 0 Å². The van der Waals surface area contributed by atoms with Gasteiger partial charge in [0.1, 0.15) is 11.0 Å². The number of benzene rings is 1. The molecule has 0 atom stereocenters. The van der Waals surface area contributed by atoms with E-state index in [4.69, 9.17) is 4.98 Å². The van der Waals surface area contributed by atoms with Gasteiger partial charge in [-0.1, -0.05) is 30.0 Å². The van der Waals surface area contributed by atoms with Crippen molar-refractivity contribution in [3.63, 3.8) is 0 Å². The van der Waals surface area contributed by atoms with E-state index in [0.29, 0.717) is 28.5 Å². The molecule has 7 heteroatoms. The number of fused-ring (bicyclic) bond motifs is 3. The van der Waals surface area contributed by atoms with Crippen LogP contribution >= 0.6 is 11.8 Å². The van der Waals surface area contributed by atoms with Crippen LogP contribution < -0.4 is 5.56 Å². The Hall–Kier alpha value is -2.28. The minimum Gasteiger partial charge on any atom is -0.349 e. The van der Waals surface area contributed by atoms with Crippen LogP contribution in [-0.2, 0) is 11.3 Å². The first-order valence-electron chi connectivity index (χ1n) is 9.11. The Morgan fingerprint density at radius 1 is 1.23 bits per heavy atom. The molecule has 1 aliphatic heterocycles. The molecule has 0 spiro atoms. The first-order chi connectivity index (χ1) is 12.7. The van der Waals surface area contributed by atoms with Crippen molar-refractivity contribution < 1.29 is 4.79 Å². The van der Waals surface area contributed by atoms with Crippen LogP contribution in [0.2, 0.25) is 0 Å². The number of carbonyl (C=O) groups is 1. The van der Waals surface area contributed by atoms with E-state index in [-0.39, 0.29) is 11.5 Å². The zero-order valence-electron chi connectivity index (χ0n) is 14.8. The maximum Gasteiger partial charge on any atom is 0.278 e. The minimum atomic E-state index is -0.0818. The van der Waals surface area contributed by atoms with Crippen molar-refractivity contribution in [3.05, 3.63) is 34.6 Å². The lowest BCUT2D eigenvalue weighted by atomic mass is 10.1. The lowest BCUT2D eigenvalue weighted by molar-refractivity contribution is -0.129. The first kappa shape index (κ1) is 17.1. The van der Waals surface area contributed by atoms with Gasteiger partial charge in [0.15, 0.2) is 5.16 Å². The maximum atomic E-state index is 12.9. The molecule has 1 aliphatic rings. The number of carbonyl (C=O) groups excluding carboxylic acids is 1. The molecular weight excluding hydrogens is 348 g/mol. The number of H-pyrrole nitrogens is 1. The van der Waals surface area contributed by atoms with Gasteiger partial charge in [-0.3, -0.25) is 14.2 Å². The highest BCUT2D eigenvalue weighted by atomic mass is 32.2. The molecule has 4 rings (SSSR count). The Bertz CT molecular complexity index is 1020. The van der Waals surface area contributed by atoms with E-state index in [1.165, 1.54) is 18.2 Å². The molecule has 1 amide bonds. The third-order valence-electron chi connectivity index (χ3n) is 4.93. The number of likely N-dealkylation sites (tertiary alicyclic amines) is 1. The fourth-order valence-corrected chi connectivity index (χ4v) is 4.48. The fraction of sp³-hybridized carbons (Fsp3) is 0.421. The van der Waals surface area contributed by atoms with Gasteiger partial charge in [-0.05, 0) is 32.3 Å². The van der Waals surface area contributed by atoms with Crippen LogP contribution in [0.25, 0.3) is 21.9 Å². The Kier molecular flexibility index (Phi) is 4.72.